The monoisotopic (exact) mass is 325 g/mol. The van der Waals surface area contributed by atoms with Crippen molar-refractivity contribution in [2.75, 3.05) is 6.54 Å². The Balaban J connectivity index is 2.08. The van der Waals surface area contributed by atoms with Gasteiger partial charge in [0, 0.05) is 19.0 Å². The lowest BCUT2D eigenvalue weighted by Gasteiger charge is -2.13. The highest BCUT2D eigenvalue weighted by atomic mass is 32.2. The Morgan fingerprint density at radius 2 is 2.24 bits per heavy atom. The summed E-state index contributed by atoms with van der Waals surface area (Å²) in [4.78, 5) is 24.7. The van der Waals surface area contributed by atoms with E-state index < -0.39 is 5.97 Å². The summed E-state index contributed by atoms with van der Waals surface area (Å²) in [5.41, 5.74) is 1.03. The van der Waals surface area contributed by atoms with Crippen LogP contribution in [0, 0.1) is 13.8 Å². The van der Waals surface area contributed by atoms with Crippen molar-refractivity contribution in [2.24, 2.45) is 0 Å². The van der Waals surface area contributed by atoms with Crippen molar-refractivity contribution >= 4 is 46.3 Å². The molecule has 1 saturated heterocycles. The number of carbonyl (C=O) groups is 2. The molecule has 112 valence electrons. The molecule has 0 radical (unpaired) electrons. The highest BCUT2D eigenvalue weighted by Crippen LogP contribution is 2.33. The number of rotatable bonds is 5. The Morgan fingerprint density at radius 1 is 1.52 bits per heavy atom. The van der Waals surface area contributed by atoms with E-state index in [1.165, 1.54) is 16.7 Å². The van der Waals surface area contributed by atoms with Crippen LogP contribution in [0.3, 0.4) is 0 Å². The third-order valence-electron chi connectivity index (χ3n) is 3.10. The first-order chi connectivity index (χ1) is 9.88. The molecule has 0 aromatic carbocycles. The maximum atomic E-state index is 12.2. The molecule has 0 atom stereocenters. The zero-order valence-electron chi connectivity index (χ0n) is 11.7. The van der Waals surface area contributed by atoms with Crippen molar-refractivity contribution in [1.29, 1.82) is 0 Å². The van der Waals surface area contributed by atoms with Gasteiger partial charge in [-0.1, -0.05) is 24.0 Å². The standard InChI is InChI=1S/C14H15NO4S2/c1-8-6-10(19-9(8)2)7-11-13(18)15(14(20)21-11)5-3-4-12(16)17/h6-7H,3-5H2,1-2H3,(H,16,17). The molecule has 2 heterocycles. The van der Waals surface area contributed by atoms with Gasteiger partial charge in [-0.05, 0) is 31.9 Å². The second-order valence-electron chi connectivity index (χ2n) is 4.72. The van der Waals surface area contributed by atoms with E-state index in [4.69, 9.17) is 21.7 Å². The largest absolute Gasteiger partial charge is 0.481 e. The SMILES string of the molecule is Cc1cc(C=C2SC(=S)N(CCCC(=O)O)C2=O)oc1C. The zero-order valence-corrected chi connectivity index (χ0v) is 13.3. The summed E-state index contributed by atoms with van der Waals surface area (Å²) in [6.07, 6.45) is 2.08. The molecule has 7 heteroatoms. The summed E-state index contributed by atoms with van der Waals surface area (Å²) < 4.78 is 5.98. The predicted molar refractivity (Wildman–Crippen MR) is 84.9 cm³/mol. The smallest absolute Gasteiger partial charge is 0.303 e. The maximum Gasteiger partial charge on any atom is 0.303 e. The molecule has 0 spiro atoms. The number of hydrogen-bond acceptors (Lipinski definition) is 5. The number of thioether (sulfide) groups is 1. The van der Waals surface area contributed by atoms with Crippen molar-refractivity contribution in [3.63, 3.8) is 0 Å². The highest BCUT2D eigenvalue weighted by Gasteiger charge is 2.31. The molecule has 1 N–H and O–H groups in total. The number of carboxylic acids is 1. The first-order valence-electron chi connectivity index (χ1n) is 6.42. The number of carbonyl (C=O) groups excluding carboxylic acids is 1. The predicted octanol–water partition coefficient (Wildman–Crippen LogP) is 2.96. The first-order valence-corrected chi connectivity index (χ1v) is 7.65. The van der Waals surface area contributed by atoms with Gasteiger partial charge in [0.15, 0.2) is 0 Å². The van der Waals surface area contributed by atoms with E-state index in [1.54, 1.807) is 6.08 Å². The first kappa shape index (κ1) is 15.8. The molecule has 0 unspecified atom stereocenters. The maximum absolute atomic E-state index is 12.2. The summed E-state index contributed by atoms with van der Waals surface area (Å²) in [5.74, 6) is 0.369. The van der Waals surface area contributed by atoms with Gasteiger partial charge in [-0.25, -0.2) is 0 Å². The van der Waals surface area contributed by atoms with E-state index in [9.17, 15) is 9.59 Å². The summed E-state index contributed by atoms with van der Waals surface area (Å²) in [5, 5.41) is 8.63. The topological polar surface area (TPSA) is 70.8 Å². The average Bonchev–Trinajstić information content (AvgIpc) is 2.83. The van der Waals surface area contributed by atoms with Crippen LogP contribution in [-0.2, 0) is 9.59 Å². The van der Waals surface area contributed by atoms with Crippen molar-refractivity contribution in [3.05, 3.63) is 28.1 Å². The Bertz CT molecular complexity index is 613. The minimum Gasteiger partial charge on any atom is -0.481 e. The minimum absolute atomic E-state index is 0.0205. The molecule has 0 aliphatic carbocycles. The molecule has 1 fully saturated rings. The summed E-state index contributed by atoms with van der Waals surface area (Å²) in [6, 6.07) is 1.87. The number of furan rings is 1. The molecule has 1 aromatic heterocycles. The third kappa shape index (κ3) is 3.74. The van der Waals surface area contributed by atoms with Gasteiger partial charge in [0.2, 0.25) is 0 Å². The molecule has 21 heavy (non-hydrogen) atoms. The fraction of sp³-hybridized carbons (Fsp3) is 0.357. The van der Waals surface area contributed by atoms with E-state index >= 15 is 0 Å². The summed E-state index contributed by atoms with van der Waals surface area (Å²) in [6.45, 7) is 4.13. The van der Waals surface area contributed by atoms with Gasteiger partial charge in [0.05, 0.1) is 4.91 Å². The molecule has 0 saturated carbocycles. The summed E-state index contributed by atoms with van der Waals surface area (Å²) in [7, 11) is 0. The summed E-state index contributed by atoms with van der Waals surface area (Å²) >= 11 is 6.38. The lowest BCUT2D eigenvalue weighted by atomic mass is 10.2. The average molecular weight is 325 g/mol. The van der Waals surface area contributed by atoms with Gasteiger partial charge in [0.1, 0.15) is 15.8 Å². The lowest BCUT2D eigenvalue weighted by Crippen LogP contribution is -2.29. The van der Waals surface area contributed by atoms with Crippen LogP contribution in [0.25, 0.3) is 6.08 Å². The Hall–Kier alpha value is -1.60. The molecular formula is C14H15NO4S2. The number of aliphatic carboxylic acids is 1. The zero-order chi connectivity index (χ0) is 15.6. The van der Waals surface area contributed by atoms with Crippen LogP contribution in [0.5, 0.6) is 0 Å². The molecule has 0 bridgehead atoms. The van der Waals surface area contributed by atoms with Crippen molar-refractivity contribution in [1.82, 2.24) is 4.90 Å². The van der Waals surface area contributed by atoms with Crippen LogP contribution in [0.2, 0.25) is 0 Å². The van der Waals surface area contributed by atoms with E-state index in [2.05, 4.69) is 0 Å². The number of hydrogen-bond donors (Lipinski definition) is 1. The number of aryl methyl sites for hydroxylation is 2. The quantitative estimate of drug-likeness (QED) is 0.663. The van der Waals surface area contributed by atoms with Gasteiger partial charge in [0.25, 0.3) is 5.91 Å². The van der Waals surface area contributed by atoms with E-state index in [0.717, 1.165) is 11.3 Å². The number of thiocarbonyl (C=S) groups is 1. The van der Waals surface area contributed by atoms with Crippen LogP contribution in [0.15, 0.2) is 15.4 Å². The minimum atomic E-state index is -0.877. The van der Waals surface area contributed by atoms with E-state index in [-0.39, 0.29) is 12.3 Å². The van der Waals surface area contributed by atoms with Crippen molar-refractivity contribution in [2.45, 2.75) is 26.7 Å². The molecule has 1 aliphatic rings. The fourth-order valence-corrected chi connectivity index (χ4v) is 3.17. The molecule has 5 nitrogen and oxygen atoms in total. The highest BCUT2D eigenvalue weighted by molar-refractivity contribution is 8.26. The number of amides is 1. The van der Waals surface area contributed by atoms with E-state index in [1.807, 2.05) is 19.9 Å². The molecular weight excluding hydrogens is 310 g/mol. The van der Waals surface area contributed by atoms with Crippen LogP contribution < -0.4 is 0 Å². The number of carboxylic acid groups (broad SMARTS) is 1. The van der Waals surface area contributed by atoms with E-state index in [0.29, 0.717) is 28.0 Å². The second kappa shape index (κ2) is 6.44. The number of nitrogens with zero attached hydrogens (tertiary/aromatic N) is 1. The van der Waals surface area contributed by atoms with Crippen LogP contribution in [0.4, 0.5) is 0 Å². The van der Waals surface area contributed by atoms with Crippen LogP contribution in [-0.4, -0.2) is 32.7 Å². The molecule has 1 aromatic rings. The molecule has 1 aliphatic heterocycles. The van der Waals surface area contributed by atoms with Crippen molar-refractivity contribution in [3.8, 4) is 0 Å². The Labute approximate surface area is 132 Å². The second-order valence-corrected chi connectivity index (χ2v) is 6.39. The van der Waals surface area contributed by atoms with Gasteiger partial charge in [-0.2, -0.15) is 0 Å². The lowest BCUT2D eigenvalue weighted by molar-refractivity contribution is -0.137. The van der Waals surface area contributed by atoms with Crippen LogP contribution >= 0.6 is 24.0 Å². The Morgan fingerprint density at radius 3 is 2.81 bits per heavy atom. The Kier molecular flexibility index (Phi) is 4.84. The van der Waals surface area contributed by atoms with Gasteiger partial charge in [-0.15, -0.1) is 0 Å². The fourth-order valence-electron chi connectivity index (χ4n) is 1.88. The van der Waals surface area contributed by atoms with Crippen molar-refractivity contribution < 1.29 is 19.1 Å². The van der Waals surface area contributed by atoms with Gasteiger partial charge >= 0.3 is 5.97 Å². The van der Waals surface area contributed by atoms with Gasteiger partial charge < -0.3 is 9.52 Å². The normalized spacial score (nSPS) is 17.0. The third-order valence-corrected chi connectivity index (χ3v) is 4.48. The van der Waals surface area contributed by atoms with Gasteiger partial charge in [-0.3, -0.25) is 14.5 Å². The molecule has 2 rings (SSSR count). The van der Waals surface area contributed by atoms with Crippen LogP contribution in [0.1, 0.15) is 29.9 Å². The molecule has 1 amide bonds.